The highest BCUT2D eigenvalue weighted by molar-refractivity contribution is 6.09. The standard InChI is InChI=1S/3C27H25N5O2.C27H21N5O2/c33-26(29-21-9-11-28-12-10-21)18-5-3-17(4-6-18)25-30-22-8-7-20(15-24(22)31-25)27(34)32-23-14-16-1-2-19(23)13-16;33-26(29-21-2-1-11-28-15-21)18-7-5-17(6-8-18)25-30-22-10-9-20(14-24(22)31-25)27(34)32-23-13-16-3-4-19(23)12-16;33-26(32-24-3-1-2-12-28-24)18-8-6-17(7-9-18)25-29-21-11-10-20(15-23(21)30-25)27(34)31-22-14-16-4-5-19(22)13-16;1-17-7-14-24(28-16-17)32-26(33)19-10-8-18(9-11-19)25-30-22-13-12-20(15-23(22)31-25)27(34)29-21-5-3-2-4-6-21/h3-12,15-16,19,23H,1-2,13-14H2,(H,30,31)(H,32,34)(H,28,29,33);1-2,5-11,14-16,19,23H,3-4,12-13H2,(H,29,33)(H,30,31)(H,32,34);1-3,6-12,15-16,19,22H,4-5,13-14H2,(H,29,30)(H,31,34)(H,28,32,33);2-16H,1H3,(H,29,34)(H,30,31)(H,28,32,33). The summed E-state index contributed by atoms with van der Waals surface area (Å²) in [7, 11) is 0. The molecule has 12 N–H and O–H groups in total. The minimum atomic E-state index is -0.235. The summed E-state index contributed by atoms with van der Waals surface area (Å²) >= 11 is 0. The Bertz CT molecular complexity index is 6790. The lowest BCUT2D eigenvalue weighted by molar-refractivity contribution is 0.0914. The van der Waals surface area contributed by atoms with Crippen LogP contribution < -0.4 is 42.5 Å². The van der Waals surface area contributed by atoms with Gasteiger partial charge in [-0.05, 0) is 282 Å². The molecule has 9 aromatic carbocycles. The molecule has 28 nitrogen and oxygen atoms in total. The van der Waals surface area contributed by atoms with Gasteiger partial charge >= 0.3 is 0 Å². The number of aromatic nitrogens is 12. The molecule has 136 heavy (non-hydrogen) atoms. The number of benzene rings is 9. The topological polar surface area (TPSA) is 399 Å². The van der Waals surface area contributed by atoms with E-state index in [4.69, 9.17) is 0 Å². The second-order valence-electron chi connectivity index (χ2n) is 35.9. The smallest absolute Gasteiger partial charge is 0.256 e. The molecule has 23 rings (SSSR count). The van der Waals surface area contributed by atoms with Crippen LogP contribution in [0.25, 0.3) is 89.7 Å². The van der Waals surface area contributed by atoms with E-state index in [2.05, 4.69) is 102 Å². The highest BCUT2D eigenvalue weighted by Gasteiger charge is 2.43. The van der Waals surface area contributed by atoms with Crippen LogP contribution >= 0.6 is 0 Å². The minimum Gasteiger partial charge on any atom is -0.349 e. The van der Waals surface area contributed by atoms with Gasteiger partial charge in [0.05, 0.1) is 56.0 Å². The number of aromatic amines is 4. The van der Waals surface area contributed by atoms with Crippen molar-refractivity contribution in [1.29, 1.82) is 0 Å². The Kier molecular flexibility index (Phi) is 25.0. The van der Waals surface area contributed by atoms with Gasteiger partial charge in [-0.2, -0.15) is 0 Å². The third-order valence-corrected chi connectivity index (χ3v) is 26.8. The van der Waals surface area contributed by atoms with E-state index in [0.717, 1.165) is 115 Å². The molecule has 6 saturated carbocycles. The molecule has 9 unspecified atom stereocenters. The van der Waals surface area contributed by atoms with E-state index in [1.54, 1.807) is 140 Å². The van der Waals surface area contributed by atoms with Gasteiger partial charge in [-0.15, -0.1) is 0 Å². The first kappa shape index (κ1) is 87.2. The Morgan fingerprint density at radius 1 is 0.272 bits per heavy atom. The van der Waals surface area contributed by atoms with Crippen LogP contribution in [-0.2, 0) is 0 Å². The lowest BCUT2D eigenvalue weighted by atomic mass is 9.95. The summed E-state index contributed by atoms with van der Waals surface area (Å²) in [4.78, 5) is 149. The molecule has 0 saturated heterocycles. The maximum Gasteiger partial charge on any atom is 0.256 e. The van der Waals surface area contributed by atoms with Crippen molar-refractivity contribution < 1.29 is 38.4 Å². The Morgan fingerprint density at radius 3 is 0.949 bits per heavy atom. The largest absolute Gasteiger partial charge is 0.349 e. The zero-order valence-corrected chi connectivity index (χ0v) is 74.2. The molecule has 676 valence electrons. The van der Waals surface area contributed by atoms with E-state index in [9.17, 15) is 38.4 Å². The number of amides is 8. The lowest BCUT2D eigenvalue weighted by Crippen LogP contribution is -2.38. The third kappa shape index (κ3) is 20.2. The first-order valence-corrected chi connectivity index (χ1v) is 46.0. The number of imidazole rings is 4. The maximum atomic E-state index is 12.8. The van der Waals surface area contributed by atoms with Crippen molar-refractivity contribution in [2.24, 2.45) is 35.5 Å². The second kappa shape index (κ2) is 38.9. The Balaban J connectivity index is 0.000000112. The number of para-hydroxylation sites is 1. The van der Waals surface area contributed by atoms with E-state index >= 15 is 0 Å². The molecule has 28 heteroatoms. The Morgan fingerprint density at radius 2 is 0.610 bits per heavy atom. The fraction of sp³-hybridized carbons (Fsp3) is 0.204. The monoisotopic (exact) mass is 1800 g/mol. The van der Waals surface area contributed by atoms with Crippen LogP contribution in [0.15, 0.2) is 292 Å². The van der Waals surface area contributed by atoms with Crippen molar-refractivity contribution >= 4 is 120 Å². The number of hydrogen-bond donors (Lipinski definition) is 12. The van der Waals surface area contributed by atoms with E-state index in [-0.39, 0.29) is 47.3 Å². The fourth-order valence-corrected chi connectivity index (χ4v) is 19.6. The van der Waals surface area contributed by atoms with Gasteiger partial charge in [-0.3, -0.25) is 48.3 Å². The summed E-state index contributed by atoms with van der Waals surface area (Å²) in [5, 5.41) is 23.9. The molecule has 8 aromatic heterocycles. The highest BCUT2D eigenvalue weighted by Crippen LogP contribution is 2.47. The molecule has 6 aliphatic rings. The summed E-state index contributed by atoms with van der Waals surface area (Å²) in [5.74, 6) is 6.98. The van der Waals surface area contributed by atoms with Crippen LogP contribution in [-0.4, -0.2) is 125 Å². The molecule has 8 heterocycles. The van der Waals surface area contributed by atoms with Gasteiger partial charge in [0, 0.05) is 127 Å². The molecule has 6 fully saturated rings. The summed E-state index contributed by atoms with van der Waals surface area (Å²) in [5.41, 5.74) is 17.5. The van der Waals surface area contributed by atoms with Gasteiger partial charge in [0.15, 0.2) is 0 Å². The summed E-state index contributed by atoms with van der Waals surface area (Å²) in [6, 6.07) is 77.3. The van der Waals surface area contributed by atoms with Crippen molar-refractivity contribution in [1.82, 2.24) is 75.8 Å². The van der Waals surface area contributed by atoms with Crippen molar-refractivity contribution in [3.63, 3.8) is 0 Å². The molecule has 0 spiro atoms. The van der Waals surface area contributed by atoms with Crippen LogP contribution in [0.3, 0.4) is 0 Å². The number of fused-ring (bicyclic) bond motifs is 10. The van der Waals surface area contributed by atoms with Crippen molar-refractivity contribution in [2.45, 2.75) is 102 Å². The number of pyridine rings is 4. The van der Waals surface area contributed by atoms with Crippen LogP contribution in [0, 0.1) is 42.4 Å². The third-order valence-electron chi connectivity index (χ3n) is 26.8. The van der Waals surface area contributed by atoms with Crippen LogP contribution in [0.5, 0.6) is 0 Å². The Labute approximate surface area is 781 Å². The molecular formula is C108H96N20O8. The van der Waals surface area contributed by atoms with Gasteiger partial charge in [0.2, 0.25) is 0 Å². The minimum absolute atomic E-state index is 0.0137. The summed E-state index contributed by atoms with van der Waals surface area (Å²) < 4.78 is 0. The van der Waals surface area contributed by atoms with Gasteiger partial charge in [-0.25, -0.2) is 29.9 Å². The molecule has 9 atom stereocenters. The predicted molar refractivity (Wildman–Crippen MR) is 524 cm³/mol. The number of hydrogen-bond acceptors (Lipinski definition) is 16. The van der Waals surface area contributed by atoms with Gasteiger partial charge in [0.1, 0.15) is 34.9 Å². The number of nitrogens with zero attached hydrogens (tertiary/aromatic N) is 8. The van der Waals surface area contributed by atoms with E-state index in [0.29, 0.717) is 127 Å². The van der Waals surface area contributed by atoms with Crippen LogP contribution in [0.2, 0.25) is 0 Å². The van der Waals surface area contributed by atoms with E-state index in [1.807, 2.05) is 159 Å². The number of aryl methyl sites for hydroxylation is 1. The summed E-state index contributed by atoms with van der Waals surface area (Å²) in [6.45, 7) is 1.94. The number of anilines is 5. The molecule has 6 bridgehead atoms. The fourth-order valence-electron chi connectivity index (χ4n) is 19.6. The average molecular weight is 1800 g/mol. The van der Waals surface area contributed by atoms with Crippen LogP contribution in [0.1, 0.15) is 165 Å². The first-order chi connectivity index (χ1) is 66.4. The number of carbonyl (C=O) groups is 8. The SMILES string of the molecule is Cc1ccc(NC(=O)c2ccc(-c3nc4ccc(C(=O)Nc5ccccc5)cc4[nH]3)cc2)nc1.O=C(Nc1ccccn1)c1ccc(-c2nc3ccc(C(=O)NC4CC5CCC4C5)cc3[nH]2)cc1.O=C(Nc1cccnc1)c1ccc(-c2nc3ccc(C(=O)NC4CC5CCC4C5)cc3[nH]2)cc1.O=C(Nc1ccncc1)c1ccc(-c2nc3ccc(C(=O)NC4CC5CCC4C5)cc3[nH]2)cc1. The number of carbonyl (C=O) groups excluding carboxylic acids is 8. The van der Waals surface area contributed by atoms with Crippen molar-refractivity contribution in [2.75, 3.05) is 26.6 Å². The van der Waals surface area contributed by atoms with Gasteiger partial charge in [-0.1, -0.05) is 98.1 Å². The lowest BCUT2D eigenvalue weighted by Gasteiger charge is -2.22. The normalized spacial score (nSPS) is 18.4. The molecule has 0 aliphatic heterocycles. The molecule has 17 aromatic rings. The maximum absolute atomic E-state index is 12.8. The number of rotatable bonds is 20. The van der Waals surface area contributed by atoms with Crippen LogP contribution in [0.4, 0.5) is 28.7 Å². The quantitative estimate of drug-likeness (QED) is 0.0337. The number of H-pyrrole nitrogens is 4. The predicted octanol–water partition coefficient (Wildman–Crippen LogP) is 19.8. The zero-order chi connectivity index (χ0) is 92.7. The molecule has 0 radical (unpaired) electrons. The van der Waals surface area contributed by atoms with Crippen molar-refractivity contribution in [3.05, 3.63) is 342 Å². The molecular weight excluding hydrogens is 1710 g/mol. The number of nitrogens with one attached hydrogen (secondary N) is 12. The van der Waals surface area contributed by atoms with E-state index in [1.165, 1.54) is 57.8 Å². The highest BCUT2D eigenvalue weighted by atomic mass is 16.2. The van der Waals surface area contributed by atoms with E-state index < -0.39 is 0 Å². The second-order valence-corrected chi connectivity index (χ2v) is 35.9. The van der Waals surface area contributed by atoms with Gasteiger partial charge < -0.3 is 62.5 Å². The zero-order valence-electron chi connectivity index (χ0n) is 74.2. The Hall–Kier alpha value is -16.8. The molecule has 8 amide bonds. The molecule has 6 aliphatic carbocycles. The summed E-state index contributed by atoms with van der Waals surface area (Å²) in [6.07, 6.45) is 24.7. The van der Waals surface area contributed by atoms with Gasteiger partial charge in [0.25, 0.3) is 47.3 Å². The average Bonchev–Trinajstić information content (AvgIpc) is 1.65. The first-order valence-electron chi connectivity index (χ1n) is 46.0. The van der Waals surface area contributed by atoms with Crippen molar-refractivity contribution in [3.8, 4) is 45.6 Å².